The third-order valence-corrected chi connectivity index (χ3v) is 3.92. The van der Waals surface area contributed by atoms with E-state index in [1.165, 1.54) is 12.1 Å². The van der Waals surface area contributed by atoms with Crippen LogP contribution in [-0.2, 0) is 6.61 Å². The lowest BCUT2D eigenvalue weighted by atomic mass is 10.2. The number of nitrogens with two attached hydrogens (primary N) is 1. The Morgan fingerprint density at radius 3 is 2.71 bits per heavy atom. The predicted molar refractivity (Wildman–Crippen MR) is 82.4 cm³/mol. The quantitative estimate of drug-likeness (QED) is 0.369. The highest BCUT2D eigenvalue weighted by molar-refractivity contribution is 9.10. The molecule has 110 valence electrons. The molecular weight excluding hydrogens is 363 g/mol. The second kappa shape index (κ2) is 6.78. The Hall–Kier alpha value is -1.79. The molecule has 4 nitrogen and oxygen atoms in total. The molecule has 0 saturated carbocycles. The molecule has 0 radical (unpaired) electrons. The van der Waals surface area contributed by atoms with Crippen LogP contribution in [0.15, 0.2) is 46.0 Å². The first-order valence-electron chi connectivity index (χ1n) is 5.86. The number of nitrogens with zero attached hydrogens (tertiary/aromatic N) is 1. The maximum Gasteiger partial charge on any atom is 0.179 e. The van der Waals surface area contributed by atoms with E-state index < -0.39 is 5.82 Å². The average molecular weight is 374 g/mol. The molecule has 0 unspecified atom stereocenters. The Morgan fingerprint density at radius 1 is 1.33 bits per heavy atom. The Labute approximate surface area is 134 Å². The summed E-state index contributed by atoms with van der Waals surface area (Å²) in [4.78, 5) is 0. The summed E-state index contributed by atoms with van der Waals surface area (Å²) in [6.45, 7) is 0.131. The maximum atomic E-state index is 14.2. The molecule has 2 aromatic rings. The zero-order valence-corrected chi connectivity index (χ0v) is 13.0. The van der Waals surface area contributed by atoms with Gasteiger partial charge in [-0.3, -0.25) is 0 Å². The molecule has 3 N–H and O–H groups in total. The van der Waals surface area contributed by atoms with Gasteiger partial charge in [0.05, 0.1) is 4.47 Å². The molecule has 0 aliphatic rings. The Kier molecular flexibility index (Phi) is 5.03. The maximum absolute atomic E-state index is 14.2. The van der Waals surface area contributed by atoms with Crippen molar-refractivity contribution in [1.29, 1.82) is 0 Å². The molecule has 21 heavy (non-hydrogen) atoms. The van der Waals surface area contributed by atoms with Crippen molar-refractivity contribution >= 4 is 33.4 Å². The first-order valence-corrected chi connectivity index (χ1v) is 7.03. The van der Waals surface area contributed by atoms with Gasteiger partial charge in [-0.15, -0.1) is 0 Å². The van der Waals surface area contributed by atoms with Gasteiger partial charge in [0.15, 0.2) is 17.4 Å². The number of hydrogen-bond donors (Lipinski definition) is 2. The van der Waals surface area contributed by atoms with Gasteiger partial charge in [0.1, 0.15) is 6.61 Å². The number of rotatable bonds is 4. The average Bonchev–Trinajstić information content (AvgIpc) is 2.49. The summed E-state index contributed by atoms with van der Waals surface area (Å²) in [5, 5.41) is 12.0. The Bertz CT molecular complexity index is 695. The van der Waals surface area contributed by atoms with E-state index in [2.05, 4.69) is 21.1 Å². The van der Waals surface area contributed by atoms with Gasteiger partial charge in [-0.1, -0.05) is 35.0 Å². The molecule has 0 atom stereocenters. The van der Waals surface area contributed by atoms with Gasteiger partial charge in [0.2, 0.25) is 0 Å². The van der Waals surface area contributed by atoms with Crippen LogP contribution < -0.4 is 10.5 Å². The van der Waals surface area contributed by atoms with Crippen molar-refractivity contribution in [2.75, 3.05) is 0 Å². The van der Waals surface area contributed by atoms with Gasteiger partial charge in [-0.2, -0.15) is 0 Å². The fourth-order valence-electron chi connectivity index (χ4n) is 1.67. The van der Waals surface area contributed by atoms with Gasteiger partial charge in [0.25, 0.3) is 0 Å². The highest BCUT2D eigenvalue weighted by atomic mass is 79.9. The number of hydrogen-bond acceptors (Lipinski definition) is 3. The Morgan fingerprint density at radius 2 is 2.05 bits per heavy atom. The van der Waals surface area contributed by atoms with E-state index in [0.29, 0.717) is 5.02 Å². The zero-order valence-electron chi connectivity index (χ0n) is 10.7. The summed E-state index contributed by atoms with van der Waals surface area (Å²) in [5.41, 5.74) is 6.43. The number of halogens is 3. The monoisotopic (exact) mass is 372 g/mol. The van der Waals surface area contributed by atoms with Gasteiger partial charge in [-0.05, 0) is 34.1 Å². The molecule has 2 aromatic carbocycles. The van der Waals surface area contributed by atoms with Gasteiger partial charge >= 0.3 is 0 Å². The molecule has 0 aliphatic carbocycles. The standard InChI is InChI=1S/C14H11BrClFN2O2/c15-12-9(14(18)19-20)5-6-11(13(12)17)21-7-8-3-1-2-4-10(8)16/h1-6,20H,7H2,(H2,18,19). The Balaban J connectivity index is 2.22. The van der Waals surface area contributed by atoms with E-state index >= 15 is 0 Å². The lowest BCUT2D eigenvalue weighted by Crippen LogP contribution is -2.14. The summed E-state index contributed by atoms with van der Waals surface area (Å²) in [5.74, 6) is -0.791. The molecule has 0 aliphatic heterocycles. The third kappa shape index (κ3) is 3.46. The van der Waals surface area contributed by atoms with E-state index in [4.69, 9.17) is 27.3 Å². The normalized spacial score (nSPS) is 11.5. The van der Waals surface area contributed by atoms with E-state index in [-0.39, 0.29) is 28.2 Å². The lowest BCUT2D eigenvalue weighted by molar-refractivity contribution is 0.289. The van der Waals surface area contributed by atoms with Crippen molar-refractivity contribution in [3.05, 3.63) is 62.8 Å². The summed E-state index contributed by atoms with van der Waals surface area (Å²) in [6.07, 6.45) is 0. The fourth-order valence-corrected chi connectivity index (χ4v) is 2.39. The molecular formula is C14H11BrClFN2O2. The molecule has 0 heterocycles. The third-order valence-electron chi connectivity index (χ3n) is 2.77. The second-order valence-corrected chi connectivity index (χ2v) is 5.30. The topological polar surface area (TPSA) is 67.8 Å². The summed E-state index contributed by atoms with van der Waals surface area (Å²) < 4.78 is 19.6. The number of amidine groups is 1. The van der Waals surface area contributed by atoms with Crippen LogP contribution in [0.2, 0.25) is 5.02 Å². The minimum atomic E-state index is -0.633. The molecule has 0 fully saturated rings. The molecule has 2 rings (SSSR count). The summed E-state index contributed by atoms with van der Waals surface area (Å²) in [6, 6.07) is 10.0. The van der Waals surface area contributed by atoms with E-state index in [9.17, 15) is 4.39 Å². The molecule has 0 amide bonds. The molecule has 0 bridgehead atoms. The highest BCUT2D eigenvalue weighted by Gasteiger charge is 2.15. The van der Waals surface area contributed by atoms with Gasteiger partial charge < -0.3 is 15.7 Å². The van der Waals surface area contributed by atoms with Gasteiger partial charge in [-0.25, -0.2) is 4.39 Å². The molecule has 0 spiro atoms. The first-order chi connectivity index (χ1) is 10.0. The van der Waals surface area contributed by atoms with Crippen LogP contribution >= 0.6 is 27.5 Å². The number of oxime groups is 1. The molecule has 7 heteroatoms. The predicted octanol–water partition coefficient (Wildman–Crippen LogP) is 3.92. The van der Waals surface area contributed by atoms with Crippen LogP contribution in [0.5, 0.6) is 5.75 Å². The van der Waals surface area contributed by atoms with Crippen molar-refractivity contribution in [1.82, 2.24) is 0 Å². The van der Waals surface area contributed by atoms with Crippen molar-refractivity contribution < 1.29 is 14.3 Å². The van der Waals surface area contributed by atoms with Crippen LogP contribution in [0.4, 0.5) is 4.39 Å². The molecule has 0 saturated heterocycles. The van der Waals surface area contributed by atoms with E-state index in [1.807, 2.05) is 6.07 Å². The fraction of sp³-hybridized carbons (Fsp3) is 0.0714. The minimum absolute atomic E-state index is 0.0382. The minimum Gasteiger partial charge on any atom is -0.486 e. The van der Waals surface area contributed by atoms with E-state index in [1.54, 1.807) is 18.2 Å². The van der Waals surface area contributed by atoms with Crippen LogP contribution in [0.1, 0.15) is 11.1 Å². The van der Waals surface area contributed by atoms with Crippen LogP contribution in [0.25, 0.3) is 0 Å². The zero-order chi connectivity index (χ0) is 15.4. The van der Waals surface area contributed by atoms with Crippen molar-refractivity contribution in [3.8, 4) is 5.75 Å². The largest absolute Gasteiger partial charge is 0.486 e. The van der Waals surface area contributed by atoms with Crippen molar-refractivity contribution in [2.45, 2.75) is 6.61 Å². The highest BCUT2D eigenvalue weighted by Crippen LogP contribution is 2.29. The SMILES string of the molecule is N/C(=N/O)c1ccc(OCc2ccccc2Cl)c(F)c1Br. The van der Waals surface area contributed by atoms with Crippen LogP contribution in [-0.4, -0.2) is 11.0 Å². The summed E-state index contributed by atoms with van der Waals surface area (Å²) in [7, 11) is 0. The second-order valence-electron chi connectivity index (χ2n) is 4.10. The van der Waals surface area contributed by atoms with E-state index in [0.717, 1.165) is 5.56 Å². The number of benzene rings is 2. The van der Waals surface area contributed by atoms with Crippen molar-refractivity contribution in [3.63, 3.8) is 0 Å². The lowest BCUT2D eigenvalue weighted by Gasteiger charge is -2.11. The molecule has 0 aromatic heterocycles. The van der Waals surface area contributed by atoms with Crippen LogP contribution in [0, 0.1) is 5.82 Å². The number of ether oxygens (including phenoxy) is 1. The first kappa shape index (κ1) is 15.6. The van der Waals surface area contributed by atoms with Crippen molar-refractivity contribution in [2.24, 2.45) is 10.9 Å². The van der Waals surface area contributed by atoms with Crippen LogP contribution in [0.3, 0.4) is 0 Å². The smallest absolute Gasteiger partial charge is 0.179 e. The summed E-state index contributed by atoms with van der Waals surface area (Å²) >= 11 is 9.06. The van der Waals surface area contributed by atoms with Gasteiger partial charge in [0, 0.05) is 16.1 Å².